The van der Waals surface area contributed by atoms with E-state index < -0.39 is 16.6 Å². The van der Waals surface area contributed by atoms with Crippen molar-refractivity contribution in [1.82, 2.24) is 0 Å². The topological polar surface area (TPSA) is 80.4 Å². The van der Waals surface area contributed by atoms with E-state index in [4.69, 9.17) is 10.2 Å². The van der Waals surface area contributed by atoms with E-state index in [9.17, 15) is 8.42 Å². The number of aliphatic hydroxyl groups is 1. The summed E-state index contributed by atoms with van der Waals surface area (Å²) in [4.78, 5) is -0.0670. The Morgan fingerprint density at radius 1 is 1.50 bits per heavy atom. The molecule has 0 aliphatic carbocycles. The third-order valence-electron chi connectivity index (χ3n) is 1.77. The molecule has 0 spiro atoms. The summed E-state index contributed by atoms with van der Waals surface area (Å²) < 4.78 is 22.3. The van der Waals surface area contributed by atoms with Crippen LogP contribution in [0.1, 0.15) is 11.1 Å². The monoisotopic (exact) mass is 369 g/mol. The Hall–Kier alpha value is -0.270. The SMILES string of the molecule is NS(=O)(=O)c1ccc(C#CSI)cc1CO. The molecule has 0 aliphatic heterocycles. The zero-order valence-corrected chi connectivity index (χ0v) is 11.8. The van der Waals surface area contributed by atoms with Crippen molar-refractivity contribution in [2.75, 3.05) is 0 Å². The van der Waals surface area contributed by atoms with Gasteiger partial charge >= 0.3 is 0 Å². The number of sulfonamides is 1. The lowest BCUT2D eigenvalue weighted by Gasteiger charge is -2.05. The van der Waals surface area contributed by atoms with E-state index in [1.807, 2.05) is 21.2 Å². The van der Waals surface area contributed by atoms with Gasteiger partial charge in [-0.1, -0.05) is 5.92 Å². The molecule has 86 valence electrons. The summed E-state index contributed by atoms with van der Waals surface area (Å²) in [5.74, 6) is 2.81. The first-order valence-electron chi connectivity index (χ1n) is 4.04. The van der Waals surface area contributed by atoms with Gasteiger partial charge in [0.1, 0.15) is 0 Å². The molecule has 0 bridgehead atoms. The molecular formula is C9H8INO3S2. The Kier molecular flexibility index (Phi) is 5.07. The van der Waals surface area contributed by atoms with E-state index in [0.717, 1.165) is 0 Å². The molecule has 0 heterocycles. The molecule has 7 heteroatoms. The molecule has 0 saturated heterocycles. The molecule has 0 saturated carbocycles. The van der Waals surface area contributed by atoms with Crippen molar-refractivity contribution in [1.29, 1.82) is 0 Å². The van der Waals surface area contributed by atoms with Crippen molar-refractivity contribution in [2.24, 2.45) is 5.14 Å². The summed E-state index contributed by atoms with van der Waals surface area (Å²) in [7, 11) is -2.47. The van der Waals surface area contributed by atoms with Crippen molar-refractivity contribution >= 4 is 40.2 Å². The molecule has 0 fully saturated rings. The third-order valence-corrected chi connectivity index (χ3v) is 3.62. The molecule has 0 radical (unpaired) electrons. The van der Waals surface area contributed by atoms with Crippen LogP contribution in [-0.4, -0.2) is 13.5 Å². The van der Waals surface area contributed by atoms with E-state index in [1.165, 1.54) is 21.1 Å². The Morgan fingerprint density at radius 2 is 2.19 bits per heavy atom. The third kappa shape index (κ3) is 3.64. The minimum atomic E-state index is -3.80. The molecule has 0 unspecified atom stereocenters. The van der Waals surface area contributed by atoms with Crippen LogP contribution < -0.4 is 5.14 Å². The van der Waals surface area contributed by atoms with Gasteiger partial charge in [0.05, 0.1) is 11.5 Å². The van der Waals surface area contributed by atoms with Crippen LogP contribution >= 0.6 is 30.1 Å². The van der Waals surface area contributed by atoms with Crippen LogP contribution in [0.15, 0.2) is 23.1 Å². The lowest BCUT2D eigenvalue weighted by Crippen LogP contribution is -2.14. The Morgan fingerprint density at radius 3 is 2.69 bits per heavy atom. The fourth-order valence-corrected chi connectivity index (χ4v) is 2.37. The maximum atomic E-state index is 11.2. The van der Waals surface area contributed by atoms with Gasteiger partial charge in [-0.25, -0.2) is 13.6 Å². The zero-order chi connectivity index (χ0) is 12.2. The molecule has 1 aromatic carbocycles. The molecule has 1 aromatic rings. The lowest BCUT2D eigenvalue weighted by molar-refractivity contribution is 0.278. The summed E-state index contributed by atoms with van der Waals surface area (Å²) in [5, 5.41) is 16.8. The molecule has 16 heavy (non-hydrogen) atoms. The smallest absolute Gasteiger partial charge is 0.238 e. The average Bonchev–Trinajstić information content (AvgIpc) is 2.24. The fourth-order valence-electron chi connectivity index (χ4n) is 1.14. The van der Waals surface area contributed by atoms with Crippen LogP contribution in [0.3, 0.4) is 0 Å². The van der Waals surface area contributed by atoms with E-state index in [1.54, 1.807) is 6.07 Å². The van der Waals surface area contributed by atoms with E-state index in [-0.39, 0.29) is 10.5 Å². The predicted octanol–water partition coefficient (Wildman–Crippen LogP) is 1.22. The predicted molar refractivity (Wildman–Crippen MR) is 72.2 cm³/mol. The summed E-state index contributed by atoms with van der Waals surface area (Å²) in [6, 6.07) is 4.42. The van der Waals surface area contributed by atoms with Gasteiger partial charge in [-0.15, -0.1) is 0 Å². The number of hydrogen-bond acceptors (Lipinski definition) is 4. The molecule has 4 nitrogen and oxygen atoms in total. The van der Waals surface area contributed by atoms with Gasteiger partial charge in [-0.05, 0) is 37.9 Å². The van der Waals surface area contributed by atoms with Gasteiger partial charge in [0, 0.05) is 26.8 Å². The Bertz CT molecular complexity index is 546. The summed E-state index contributed by atoms with van der Waals surface area (Å²) in [6.45, 7) is -0.390. The van der Waals surface area contributed by atoms with Crippen molar-refractivity contribution in [3.05, 3.63) is 29.3 Å². The second-order valence-electron chi connectivity index (χ2n) is 2.83. The van der Waals surface area contributed by atoms with E-state index >= 15 is 0 Å². The number of rotatable bonds is 2. The molecule has 0 amide bonds. The summed E-state index contributed by atoms with van der Waals surface area (Å²) in [5.41, 5.74) is 0.897. The largest absolute Gasteiger partial charge is 0.392 e. The number of hydrogen-bond donors (Lipinski definition) is 2. The minimum Gasteiger partial charge on any atom is -0.392 e. The quantitative estimate of drug-likeness (QED) is 0.607. The minimum absolute atomic E-state index is 0.0670. The van der Waals surface area contributed by atoms with Crippen molar-refractivity contribution in [2.45, 2.75) is 11.5 Å². The van der Waals surface area contributed by atoms with Crippen molar-refractivity contribution in [3.8, 4) is 11.2 Å². The second kappa shape index (κ2) is 5.88. The highest BCUT2D eigenvalue weighted by Crippen LogP contribution is 2.16. The number of aliphatic hydroxyl groups excluding tert-OH is 1. The van der Waals surface area contributed by atoms with Crippen LogP contribution in [0.5, 0.6) is 0 Å². The Labute approximate surface area is 110 Å². The number of halogens is 1. The zero-order valence-electron chi connectivity index (χ0n) is 7.97. The standard InChI is InChI=1S/C9H8INO3S2/c10-15-4-3-7-1-2-9(16(11,13)14)8(5-7)6-12/h1-2,5,12H,6H2,(H2,11,13,14). The highest BCUT2D eigenvalue weighted by atomic mass is 127. The van der Waals surface area contributed by atoms with Gasteiger partial charge in [0.15, 0.2) is 0 Å². The number of nitrogens with two attached hydrogens (primary N) is 1. The number of benzene rings is 1. The molecule has 1 rings (SSSR count). The van der Waals surface area contributed by atoms with E-state index in [2.05, 4.69) is 11.2 Å². The van der Waals surface area contributed by atoms with Crippen LogP contribution in [0.4, 0.5) is 0 Å². The molecule has 0 atom stereocenters. The van der Waals surface area contributed by atoms with Crippen LogP contribution in [-0.2, 0) is 16.6 Å². The van der Waals surface area contributed by atoms with Crippen molar-refractivity contribution < 1.29 is 13.5 Å². The number of primary sulfonamides is 1. The van der Waals surface area contributed by atoms with Gasteiger partial charge in [0.2, 0.25) is 10.0 Å². The molecule has 0 aliphatic rings. The van der Waals surface area contributed by atoms with Gasteiger partial charge in [-0.2, -0.15) is 0 Å². The highest BCUT2D eigenvalue weighted by Gasteiger charge is 2.13. The molecule has 3 N–H and O–H groups in total. The van der Waals surface area contributed by atoms with Gasteiger partial charge in [-0.3, -0.25) is 0 Å². The first kappa shape index (κ1) is 13.8. The maximum absolute atomic E-state index is 11.2. The normalized spacial score (nSPS) is 10.7. The summed E-state index contributed by atoms with van der Waals surface area (Å²) in [6.07, 6.45) is 0. The van der Waals surface area contributed by atoms with Crippen LogP contribution in [0.2, 0.25) is 0 Å². The highest BCUT2D eigenvalue weighted by molar-refractivity contribution is 14.2. The summed E-state index contributed by atoms with van der Waals surface area (Å²) >= 11 is 2.03. The fraction of sp³-hybridized carbons (Fsp3) is 0.111. The van der Waals surface area contributed by atoms with Crippen LogP contribution in [0, 0.1) is 11.2 Å². The second-order valence-corrected chi connectivity index (χ2v) is 6.04. The molecular weight excluding hydrogens is 361 g/mol. The Balaban J connectivity index is 3.28. The first-order valence-corrected chi connectivity index (χ1v) is 8.94. The van der Waals surface area contributed by atoms with Gasteiger partial charge < -0.3 is 5.11 Å². The average molecular weight is 369 g/mol. The van der Waals surface area contributed by atoms with E-state index in [0.29, 0.717) is 5.56 Å². The van der Waals surface area contributed by atoms with Gasteiger partial charge in [0.25, 0.3) is 0 Å². The lowest BCUT2D eigenvalue weighted by atomic mass is 10.1. The molecule has 0 aromatic heterocycles. The van der Waals surface area contributed by atoms with Crippen molar-refractivity contribution in [3.63, 3.8) is 0 Å². The van der Waals surface area contributed by atoms with Crippen LogP contribution in [0.25, 0.3) is 0 Å². The maximum Gasteiger partial charge on any atom is 0.238 e. The first-order chi connectivity index (χ1) is 7.49.